The second-order valence-corrected chi connectivity index (χ2v) is 10.2. The molecule has 2 aliphatic heterocycles. The molecule has 3 atom stereocenters. The van der Waals surface area contributed by atoms with Gasteiger partial charge < -0.3 is 9.64 Å². The molecule has 9 heteroatoms. The van der Waals surface area contributed by atoms with Crippen LogP contribution in [0.25, 0.3) is 0 Å². The van der Waals surface area contributed by atoms with E-state index in [9.17, 15) is 14.4 Å². The molecule has 3 fully saturated rings. The lowest BCUT2D eigenvalue weighted by atomic mass is 9.85. The van der Waals surface area contributed by atoms with Crippen molar-refractivity contribution in [3.8, 4) is 0 Å². The van der Waals surface area contributed by atoms with Crippen molar-refractivity contribution in [1.29, 1.82) is 0 Å². The van der Waals surface area contributed by atoms with Crippen molar-refractivity contribution in [2.75, 3.05) is 44.2 Å². The topological polar surface area (TPSA) is 95.9 Å². The van der Waals surface area contributed by atoms with Crippen molar-refractivity contribution >= 4 is 23.7 Å². The summed E-state index contributed by atoms with van der Waals surface area (Å²) in [5, 5.41) is 0. The van der Waals surface area contributed by atoms with Gasteiger partial charge in [0.15, 0.2) is 0 Å². The summed E-state index contributed by atoms with van der Waals surface area (Å²) < 4.78 is 6.04. The van der Waals surface area contributed by atoms with Crippen LogP contribution in [0, 0.1) is 17.8 Å². The molecular formula is C26H35N5O4. The minimum Gasteiger partial charge on any atom is -0.459 e. The average Bonchev–Trinajstić information content (AvgIpc) is 3.15. The third-order valence-electron chi connectivity index (χ3n) is 7.88. The lowest BCUT2D eigenvalue weighted by molar-refractivity contribution is -0.160. The first kappa shape index (κ1) is 23.9. The van der Waals surface area contributed by atoms with Crippen LogP contribution in [0.1, 0.15) is 44.9 Å². The van der Waals surface area contributed by atoms with E-state index in [4.69, 9.17) is 4.74 Å². The molecule has 4 aliphatic rings. The Kier molecular flexibility index (Phi) is 7.41. The van der Waals surface area contributed by atoms with Crippen LogP contribution in [-0.2, 0) is 19.1 Å². The van der Waals surface area contributed by atoms with Crippen molar-refractivity contribution in [2.24, 2.45) is 17.8 Å². The van der Waals surface area contributed by atoms with Crippen LogP contribution in [0.3, 0.4) is 0 Å². The molecule has 1 aromatic rings. The zero-order chi connectivity index (χ0) is 24.2. The van der Waals surface area contributed by atoms with Crippen LogP contribution in [0.15, 0.2) is 30.6 Å². The number of carbonyl (C=O) groups excluding carboxylic acids is 3. The standard InChI is InChI=1S/C26H35N5O4/c32-23-21-9-4-5-10-22(21)24(33)31(23)18-20(35-25(34)19-7-2-1-3-8-19)17-29-13-15-30(16-14-29)26-27-11-6-12-28-26/h4-6,11-12,19-22H,1-3,7-10,13-18H2/t20?,21-,22+. The number of aromatic nitrogens is 2. The predicted octanol–water partition coefficient (Wildman–Crippen LogP) is 2.04. The minimum absolute atomic E-state index is 0.0740. The van der Waals surface area contributed by atoms with Gasteiger partial charge in [-0.3, -0.25) is 24.2 Å². The quantitative estimate of drug-likeness (QED) is 0.332. The number of nitrogens with zero attached hydrogens (tertiary/aromatic N) is 5. The van der Waals surface area contributed by atoms with Crippen LogP contribution in [-0.4, -0.2) is 82.9 Å². The van der Waals surface area contributed by atoms with Gasteiger partial charge in [0.2, 0.25) is 17.8 Å². The van der Waals surface area contributed by atoms with Gasteiger partial charge in [0, 0.05) is 45.1 Å². The fourth-order valence-corrected chi connectivity index (χ4v) is 5.86. The Bertz CT molecular complexity index is 914. The first-order valence-corrected chi connectivity index (χ1v) is 13.0. The molecule has 2 amide bonds. The van der Waals surface area contributed by atoms with E-state index < -0.39 is 6.10 Å². The molecule has 0 spiro atoms. The molecule has 0 aromatic carbocycles. The number of rotatable bonds is 7. The number of fused-ring (bicyclic) bond motifs is 1. The van der Waals surface area contributed by atoms with Crippen LogP contribution in [0.2, 0.25) is 0 Å². The molecule has 2 aliphatic carbocycles. The molecule has 1 saturated carbocycles. The van der Waals surface area contributed by atoms with Crippen LogP contribution in [0.5, 0.6) is 0 Å². The molecule has 2 saturated heterocycles. The van der Waals surface area contributed by atoms with Gasteiger partial charge in [-0.2, -0.15) is 0 Å². The number of hydrogen-bond donors (Lipinski definition) is 0. The number of ether oxygens (including phenoxy) is 1. The Balaban J connectivity index is 1.24. The number of piperazine rings is 1. The maximum absolute atomic E-state index is 13.1. The van der Waals surface area contributed by atoms with Crippen LogP contribution < -0.4 is 4.90 Å². The van der Waals surface area contributed by atoms with Crippen molar-refractivity contribution in [2.45, 2.75) is 51.0 Å². The van der Waals surface area contributed by atoms with Gasteiger partial charge in [-0.1, -0.05) is 31.4 Å². The lowest BCUT2D eigenvalue weighted by Gasteiger charge is -2.37. The molecule has 1 unspecified atom stereocenters. The van der Waals surface area contributed by atoms with Gasteiger partial charge in [0.1, 0.15) is 6.10 Å². The number of carbonyl (C=O) groups is 3. The Morgan fingerprint density at radius 2 is 1.54 bits per heavy atom. The molecule has 9 nitrogen and oxygen atoms in total. The first-order valence-electron chi connectivity index (χ1n) is 13.0. The highest BCUT2D eigenvalue weighted by molar-refractivity contribution is 6.05. The number of allylic oxidation sites excluding steroid dienone is 2. The fourth-order valence-electron chi connectivity index (χ4n) is 5.86. The molecular weight excluding hydrogens is 446 g/mol. The van der Waals surface area contributed by atoms with Crippen molar-refractivity contribution < 1.29 is 19.1 Å². The monoisotopic (exact) mass is 481 g/mol. The summed E-state index contributed by atoms with van der Waals surface area (Å²) in [6, 6.07) is 1.80. The Morgan fingerprint density at radius 3 is 2.17 bits per heavy atom. The maximum Gasteiger partial charge on any atom is 0.309 e. The third-order valence-corrected chi connectivity index (χ3v) is 7.88. The highest BCUT2D eigenvalue weighted by Gasteiger charge is 2.48. The van der Waals surface area contributed by atoms with Crippen LogP contribution >= 0.6 is 0 Å². The average molecular weight is 482 g/mol. The largest absolute Gasteiger partial charge is 0.459 e. The van der Waals surface area contributed by atoms with E-state index in [1.807, 2.05) is 12.2 Å². The van der Waals surface area contributed by atoms with Crippen LogP contribution in [0.4, 0.5) is 5.95 Å². The van der Waals surface area contributed by atoms with Gasteiger partial charge in [0.25, 0.3) is 0 Å². The van der Waals surface area contributed by atoms with Crippen molar-refractivity contribution in [1.82, 2.24) is 19.8 Å². The zero-order valence-electron chi connectivity index (χ0n) is 20.3. The van der Waals surface area contributed by atoms with E-state index in [-0.39, 0.29) is 42.1 Å². The molecule has 188 valence electrons. The number of amides is 2. The molecule has 0 radical (unpaired) electrons. The van der Waals surface area contributed by atoms with Gasteiger partial charge in [-0.25, -0.2) is 9.97 Å². The van der Waals surface area contributed by atoms with Gasteiger partial charge in [0.05, 0.1) is 24.3 Å². The van der Waals surface area contributed by atoms with E-state index in [1.165, 1.54) is 4.90 Å². The third kappa shape index (κ3) is 5.39. The summed E-state index contributed by atoms with van der Waals surface area (Å²) in [7, 11) is 0. The number of esters is 1. The number of imide groups is 1. The molecule has 0 bridgehead atoms. The van der Waals surface area contributed by atoms with Gasteiger partial charge >= 0.3 is 5.97 Å². The number of anilines is 1. The molecule has 0 N–H and O–H groups in total. The molecule has 1 aromatic heterocycles. The summed E-state index contributed by atoms with van der Waals surface area (Å²) in [5.74, 6) is -0.298. The summed E-state index contributed by atoms with van der Waals surface area (Å²) >= 11 is 0. The summed E-state index contributed by atoms with van der Waals surface area (Å²) in [6.07, 6.45) is 13.2. The highest BCUT2D eigenvalue weighted by atomic mass is 16.5. The Hall–Kier alpha value is -2.81. The summed E-state index contributed by atoms with van der Waals surface area (Å²) in [4.78, 5) is 53.6. The van der Waals surface area contributed by atoms with E-state index in [0.29, 0.717) is 19.4 Å². The lowest BCUT2D eigenvalue weighted by Crippen LogP contribution is -2.52. The normalized spacial score (nSPS) is 26.6. The first-order chi connectivity index (χ1) is 17.1. The Morgan fingerprint density at radius 1 is 0.914 bits per heavy atom. The van der Waals surface area contributed by atoms with Gasteiger partial charge in [-0.05, 0) is 31.7 Å². The van der Waals surface area contributed by atoms with Crippen molar-refractivity contribution in [3.05, 3.63) is 30.6 Å². The van der Waals surface area contributed by atoms with E-state index >= 15 is 0 Å². The second-order valence-electron chi connectivity index (χ2n) is 10.2. The molecule has 35 heavy (non-hydrogen) atoms. The minimum atomic E-state index is -0.523. The summed E-state index contributed by atoms with van der Waals surface area (Å²) in [6.45, 7) is 3.73. The number of hydrogen-bond acceptors (Lipinski definition) is 8. The summed E-state index contributed by atoms with van der Waals surface area (Å²) in [5.41, 5.74) is 0. The zero-order valence-corrected chi connectivity index (χ0v) is 20.3. The van der Waals surface area contributed by atoms with E-state index in [2.05, 4.69) is 19.8 Å². The van der Waals surface area contributed by atoms with Gasteiger partial charge in [-0.15, -0.1) is 0 Å². The van der Waals surface area contributed by atoms with E-state index in [0.717, 1.165) is 64.2 Å². The smallest absolute Gasteiger partial charge is 0.309 e. The Labute approximate surface area is 206 Å². The molecule has 5 rings (SSSR count). The fraction of sp³-hybridized carbons (Fsp3) is 0.654. The second kappa shape index (κ2) is 10.8. The predicted molar refractivity (Wildman–Crippen MR) is 129 cm³/mol. The SMILES string of the molecule is O=C(OC(CN1CCN(c2ncccn2)CC1)CN1C(=O)[C@H]2CC=CC[C@H]2C1=O)C1CCCCC1. The highest BCUT2D eigenvalue weighted by Crippen LogP contribution is 2.35. The van der Waals surface area contributed by atoms with Crippen molar-refractivity contribution in [3.63, 3.8) is 0 Å². The maximum atomic E-state index is 13.1. The molecule has 3 heterocycles. The van der Waals surface area contributed by atoms with E-state index in [1.54, 1.807) is 18.5 Å². The number of likely N-dealkylation sites (tertiary alicyclic amines) is 1.